The summed E-state index contributed by atoms with van der Waals surface area (Å²) in [7, 11) is 0. The highest BCUT2D eigenvalue weighted by molar-refractivity contribution is 6.01. The van der Waals surface area contributed by atoms with E-state index in [2.05, 4.69) is 21.3 Å². The highest BCUT2D eigenvalue weighted by Crippen LogP contribution is 2.17. The van der Waals surface area contributed by atoms with Crippen LogP contribution in [0.1, 0.15) is 49.5 Å². The maximum absolute atomic E-state index is 13.5. The third kappa shape index (κ3) is 12.2. The van der Waals surface area contributed by atoms with E-state index in [9.17, 15) is 33.9 Å². The number of carboxylic acid groups (broad SMARTS) is 1. The summed E-state index contributed by atoms with van der Waals surface area (Å²) in [6, 6.07) is 19.5. The van der Waals surface area contributed by atoms with Crippen LogP contribution >= 0.6 is 0 Å². The van der Waals surface area contributed by atoms with Crippen molar-refractivity contribution >= 4 is 58.4 Å². The van der Waals surface area contributed by atoms with Gasteiger partial charge in [-0.15, -0.1) is 0 Å². The second-order valence-corrected chi connectivity index (χ2v) is 11.6. The zero-order valence-corrected chi connectivity index (χ0v) is 27.5. The Morgan fingerprint density at radius 1 is 0.708 bits per heavy atom. The fourth-order valence-corrected chi connectivity index (χ4v) is 4.54. The number of urea groups is 1. The van der Waals surface area contributed by atoms with Crippen molar-refractivity contribution in [1.82, 2.24) is 9.80 Å². The van der Waals surface area contributed by atoms with Gasteiger partial charge in [0.2, 0.25) is 17.7 Å². The standard InChI is InChI=1S/C35H42N6O7/c1-23(2)17-19-40(32(44)22-41(20-18-33(45)46)34(47)26-9-11-27(12-10-26)36-25(4)42)21-31(43)37-28-13-15-29(16-14-28)38-35(48)39-30-8-6-5-7-24(30)3/h5-16,23H,17-22H2,1-4H3,(H,36,42)(H,37,43)(H,45,46)(H2,38,39,48). The molecule has 254 valence electrons. The van der Waals surface area contributed by atoms with E-state index >= 15 is 0 Å². The first-order chi connectivity index (χ1) is 22.8. The van der Waals surface area contributed by atoms with Crippen LogP contribution in [0, 0.1) is 12.8 Å². The molecule has 0 fully saturated rings. The molecule has 6 amide bonds. The van der Waals surface area contributed by atoms with Crippen LogP contribution in [-0.2, 0) is 19.2 Å². The molecule has 0 aliphatic carbocycles. The number of nitrogens with one attached hydrogen (secondary N) is 4. The minimum atomic E-state index is -1.13. The number of hydrogen-bond donors (Lipinski definition) is 5. The number of nitrogens with zero attached hydrogens (tertiary/aromatic N) is 2. The number of amides is 6. The summed E-state index contributed by atoms with van der Waals surface area (Å²) in [5.74, 6) is -2.74. The molecule has 13 nitrogen and oxygen atoms in total. The van der Waals surface area contributed by atoms with Crippen molar-refractivity contribution in [2.75, 3.05) is 47.4 Å². The number of carboxylic acids is 1. The van der Waals surface area contributed by atoms with Crippen molar-refractivity contribution in [3.8, 4) is 0 Å². The molecule has 48 heavy (non-hydrogen) atoms. The lowest BCUT2D eigenvalue weighted by Gasteiger charge is -2.28. The van der Waals surface area contributed by atoms with Crippen molar-refractivity contribution in [2.24, 2.45) is 5.92 Å². The third-order valence-electron chi connectivity index (χ3n) is 7.14. The first kappa shape index (κ1) is 36.7. The highest BCUT2D eigenvalue weighted by atomic mass is 16.4. The molecule has 3 aromatic carbocycles. The maximum atomic E-state index is 13.5. The lowest BCUT2D eigenvalue weighted by molar-refractivity contribution is -0.138. The number of aliphatic carboxylic acids is 1. The Balaban J connectivity index is 1.65. The number of benzene rings is 3. The molecule has 3 aromatic rings. The van der Waals surface area contributed by atoms with Crippen LogP contribution < -0.4 is 21.3 Å². The molecule has 0 aliphatic rings. The van der Waals surface area contributed by atoms with Gasteiger partial charge in [-0.05, 0) is 79.4 Å². The van der Waals surface area contributed by atoms with E-state index in [1.54, 1.807) is 30.3 Å². The number of anilines is 4. The van der Waals surface area contributed by atoms with E-state index in [1.165, 1.54) is 36.1 Å². The van der Waals surface area contributed by atoms with Gasteiger partial charge in [0.15, 0.2) is 0 Å². The Labute approximate surface area is 279 Å². The average molecular weight is 659 g/mol. The highest BCUT2D eigenvalue weighted by Gasteiger charge is 2.25. The van der Waals surface area contributed by atoms with E-state index in [4.69, 9.17) is 0 Å². The molecule has 0 unspecified atom stereocenters. The Morgan fingerprint density at radius 2 is 1.29 bits per heavy atom. The molecule has 13 heteroatoms. The number of para-hydroxylation sites is 1. The van der Waals surface area contributed by atoms with Crippen molar-refractivity contribution in [1.29, 1.82) is 0 Å². The Kier molecular flexibility index (Phi) is 13.7. The summed E-state index contributed by atoms with van der Waals surface area (Å²) in [6.07, 6.45) is 0.214. The molecular formula is C35H42N6O7. The van der Waals surface area contributed by atoms with Crippen LogP contribution in [0.25, 0.3) is 0 Å². The summed E-state index contributed by atoms with van der Waals surface area (Å²) in [4.78, 5) is 77.5. The zero-order valence-electron chi connectivity index (χ0n) is 27.5. The minimum Gasteiger partial charge on any atom is -0.481 e. The van der Waals surface area contributed by atoms with Crippen LogP contribution in [-0.4, -0.2) is 76.7 Å². The second-order valence-electron chi connectivity index (χ2n) is 11.6. The van der Waals surface area contributed by atoms with Gasteiger partial charge in [-0.3, -0.25) is 24.0 Å². The Morgan fingerprint density at radius 3 is 1.88 bits per heavy atom. The molecule has 0 aromatic heterocycles. The SMILES string of the molecule is CC(=O)Nc1ccc(C(=O)N(CCC(=O)O)CC(=O)N(CCC(C)C)CC(=O)Nc2ccc(NC(=O)Nc3ccccc3C)cc2)cc1. The van der Waals surface area contributed by atoms with Gasteiger partial charge >= 0.3 is 12.0 Å². The fraction of sp³-hybridized carbons (Fsp3) is 0.314. The maximum Gasteiger partial charge on any atom is 0.323 e. The van der Waals surface area contributed by atoms with Gasteiger partial charge in [0.1, 0.15) is 6.54 Å². The van der Waals surface area contributed by atoms with Crippen LogP contribution in [0.4, 0.5) is 27.5 Å². The van der Waals surface area contributed by atoms with E-state index in [1.807, 2.05) is 39.0 Å². The van der Waals surface area contributed by atoms with E-state index in [-0.39, 0.29) is 43.4 Å². The smallest absolute Gasteiger partial charge is 0.323 e. The van der Waals surface area contributed by atoms with E-state index in [0.717, 1.165) is 10.5 Å². The second kappa shape index (κ2) is 17.8. The molecule has 3 rings (SSSR count). The average Bonchev–Trinajstić information content (AvgIpc) is 3.02. The summed E-state index contributed by atoms with van der Waals surface area (Å²) < 4.78 is 0. The predicted octanol–water partition coefficient (Wildman–Crippen LogP) is 5.03. The predicted molar refractivity (Wildman–Crippen MR) is 184 cm³/mol. The third-order valence-corrected chi connectivity index (χ3v) is 7.14. The molecule has 0 saturated heterocycles. The van der Waals surface area contributed by atoms with Crippen LogP contribution in [0.3, 0.4) is 0 Å². The van der Waals surface area contributed by atoms with E-state index < -0.39 is 36.3 Å². The number of hydrogen-bond acceptors (Lipinski definition) is 6. The molecule has 5 N–H and O–H groups in total. The van der Waals surface area contributed by atoms with Gasteiger partial charge in [0.05, 0.1) is 13.0 Å². The van der Waals surface area contributed by atoms with Crippen LogP contribution in [0.15, 0.2) is 72.8 Å². The number of aryl methyl sites for hydroxylation is 1. The van der Waals surface area contributed by atoms with E-state index in [0.29, 0.717) is 29.2 Å². The summed E-state index contributed by atoms with van der Waals surface area (Å²) in [5, 5.41) is 20.1. The molecule has 0 aliphatic heterocycles. The summed E-state index contributed by atoms with van der Waals surface area (Å²) in [6.45, 7) is 6.49. The normalized spacial score (nSPS) is 10.5. The number of carbonyl (C=O) groups excluding carboxylic acids is 5. The Hall–Kier alpha value is -5.72. The topological polar surface area (TPSA) is 177 Å². The van der Waals surface area contributed by atoms with Gasteiger partial charge in [-0.25, -0.2) is 4.79 Å². The first-order valence-electron chi connectivity index (χ1n) is 15.5. The monoisotopic (exact) mass is 658 g/mol. The minimum absolute atomic E-state index is 0.208. The first-order valence-corrected chi connectivity index (χ1v) is 15.5. The van der Waals surface area contributed by atoms with Gasteiger partial charge in [-0.2, -0.15) is 0 Å². The lowest BCUT2D eigenvalue weighted by atomic mass is 10.1. The lowest BCUT2D eigenvalue weighted by Crippen LogP contribution is -2.46. The van der Waals surface area contributed by atoms with Gasteiger partial charge in [0.25, 0.3) is 5.91 Å². The summed E-state index contributed by atoms with van der Waals surface area (Å²) in [5.41, 5.74) is 3.24. The largest absolute Gasteiger partial charge is 0.481 e. The molecule has 0 bridgehead atoms. The van der Waals surface area contributed by atoms with Gasteiger partial charge < -0.3 is 36.2 Å². The molecular weight excluding hydrogens is 616 g/mol. The van der Waals surface area contributed by atoms with Crippen molar-refractivity contribution in [2.45, 2.75) is 40.5 Å². The number of rotatable bonds is 15. The molecule has 0 radical (unpaired) electrons. The Bertz CT molecular complexity index is 1610. The van der Waals surface area contributed by atoms with Crippen molar-refractivity contribution in [3.05, 3.63) is 83.9 Å². The van der Waals surface area contributed by atoms with Crippen LogP contribution in [0.5, 0.6) is 0 Å². The van der Waals surface area contributed by atoms with Crippen molar-refractivity contribution in [3.63, 3.8) is 0 Å². The van der Waals surface area contributed by atoms with Gasteiger partial charge in [-0.1, -0.05) is 32.0 Å². The summed E-state index contributed by atoms with van der Waals surface area (Å²) >= 11 is 0. The number of carbonyl (C=O) groups is 6. The van der Waals surface area contributed by atoms with Gasteiger partial charge in [0, 0.05) is 48.3 Å². The molecule has 0 saturated carbocycles. The molecule has 0 spiro atoms. The molecule has 0 atom stereocenters. The quantitative estimate of drug-likeness (QED) is 0.152. The fourth-order valence-electron chi connectivity index (χ4n) is 4.54. The van der Waals surface area contributed by atoms with Crippen molar-refractivity contribution < 1.29 is 33.9 Å². The zero-order chi connectivity index (χ0) is 35.2. The molecule has 0 heterocycles. The van der Waals surface area contributed by atoms with Crippen LogP contribution in [0.2, 0.25) is 0 Å².